The number of benzene rings is 1. The van der Waals surface area contributed by atoms with Crippen molar-refractivity contribution in [3.05, 3.63) is 41.8 Å². The number of unbranched alkanes of at least 4 members (excludes halogenated alkanes) is 3. The Morgan fingerprint density at radius 2 is 2.05 bits per heavy atom. The van der Waals surface area contributed by atoms with Crippen molar-refractivity contribution in [2.75, 3.05) is 6.54 Å². The molecule has 1 amide bonds. The second-order valence-electron chi connectivity index (χ2n) is 5.33. The van der Waals surface area contributed by atoms with Crippen LogP contribution in [0.4, 0.5) is 4.39 Å². The summed E-state index contributed by atoms with van der Waals surface area (Å²) >= 11 is 0. The van der Waals surface area contributed by atoms with Gasteiger partial charge in [-0.05, 0) is 24.6 Å². The van der Waals surface area contributed by atoms with E-state index in [-0.39, 0.29) is 11.7 Å². The maximum atomic E-state index is 13.8. The Labute approximate surface area is 130 Å². The fourth-order valence-corrected chi connectivity index (χ4v) is 2.32. The van der Waals surface area contributed by atoms with Gasteiger partial charge >= 0.3 is 0 Å². The molecule has 0 aliphatic heterocycles. The largest absolute Gasteiger partial charge is 0.351 e. The van der Waals surface area contributed by atoms with Crippen LogP contribution in [-0.2, 0) is 7.05 Å². The van der Waals surface area contributed by atoms with Crippen LogP contribution in [0.5, 0.6) is 0 Å². The Hall–Kier alpha value is -2.17. The topological polar surface area (TPSA) is 46.9 Å². The highest BCUT2D eigenvalue weighted by Crippen LogP contribution is 2.21. The van der Waals surface area contributed by atoms with Crippen LogP contribution in [0.3, 0.4) is 0 Å². The minimum absolute atomic E-state index is 0.172. The van der Waals surface area contributed by atoms with E-state index in [0.717, 1.165) is 12.8 Å². The molecule has 0 spiro atoms. The van der Waals surface area contributed by atoms with Crippen molar-refractivity contribution < 1.29 is 9.18 Å². The molecule has 1 heterocycles. The van der Waals surface area contributed by atoms with Gasteiger partial charge in [0, 0.05) is 19.2 Å². The van der Waals surface area contributed by atoms with Crippen LogP contribution in [0.25, 0.3) is 11.3 Å². The molecule has 22 heavy (non-hydrogen) atoms. The predicted octanol–water partition coefficient (Wildman–Crippen LogP) is 3.54. The molecule has 1 aromatic heterocycles. The van der Waals surface area contributed by atoms with Gasteiger partial charge in [-0.3, -0.25) is 9.48 Å². The molecule has 2 rings (SSSR count). The number of carbonyl (C=O) groups is 1. The van der Waals surface area contributed by atoms with Gasteiger partial charge < -0.3 is 5.32 Å². The van der Waals surface area contributed by atoms with E-state index in [1.807, 2.05) is 0 Å². The molecule has 4 nitrogen and oxygen atoms in total. The third-order valence-corrected chi connectivity index (χ3v) is 3.58. The van der Waals surface area contributed by atoms with Crippen LogP contribution in [-0.4, -0.2) is 22.2 Å². The number of halogens is 1. The van der Waals surface area contributed by atoms with Crippen molar-refractivity contribution in [3.63, 3.8) is 0 Å². The summed E-state index contributed by atoms with van der Waals surface area (Å²) < 4.78 is 15.3. The zero-order valence-corrected chi connectivity index (χ0v) is 13.1. The lowest BCUT2D eigenvalue weighted by Crippen LogP contribution is -2.26. The number of hydrogen-bond acceptors (Lipinski definition) is 2. The van der Waals surface area contributed by atoms with E-state index in [0.29, 0.717) is 23.5 Å². The Kier molecular flexibility index (Phi) is 5.69. The summed E-state index contributed by atoms with van der Waals surface area (Å²) in [4.78, 5) is 12.2. The lowest BCUT2D eigenvalue weighted by Gasteiger charge is -2.04. The third kappa shape index (κ3) is 3.93. The molecule has 0 unspecified atom stereocenters. The lowest BCUT2D eigenvalue weighted by molar-refractivity contribution is 0.0943. The number of aryl methyl sites for hydroxylation is 1. The number of aromatic nitrogens is 2. The summed E-state index contributed by atoms with van der Waals surface area (Å²) in [6.45, 7) is 2.80. The summed E-state index contributed by atoms with van der Waals surface area (Å²) in [5.41, 5.74) is 1.31. The first kappa shape index (κ1) is 16.2. The van der Waals surface area contributed by atoms with Crippen LogP contribution in [0.1, 0.15) is 43.1 Å². The summed E-state index contributed by atoms with van der Waals surface area (Å²) in [5.74, 6) is -0.513. The van der Waals surface area contributed by atoms with Crippen molar-refractivity contribution in [2.45, 2.75) is 32.6 Å². The van der Waals surface area contributed by atoms with Gasteiger partial charge in [-0.2, -0.15) is 5.10 Å². The molecule has 1 N–H and O–H groups in total. The number of nitrogens with zero attached hydrogens (tertiary/aromatic N) is 2. The molecule has 0 bridgehead atoms. The molecule has 2 aromatic rings. The fourth-order valence-electron chi connectivity index (χ4n) is 2.32. The molecule has 0 aliphatic carbocycles. The lowest BCUT2D eigenvalue weighted by atomic mass is 10.1. The smallest absolute Gasteiger partial charge is 0.269 e. The average Bonchev–Trinajstić information content (AvgIpc) is 2.89. The van der Waals surface area contributed by atoms with E-state index < -0.39 is 0 Å². The summed E-state index contributed by atoms with van der Waals surface area (Å²) in [7, 11) is 1.69. The Balaban J connectivity index is 2.04. The summed E-state index contributed by atoms with van der Waals surface area (Å²) in [6, 6.07) is 8.05. The van der Waals surface area contributed by atoms with Crippen LogP contribution >= 0.6 is 0 Å². The number of rotatable bonds is 7. The molecule has 0 atom stereocenters. The van der Waals surface area contributed by atoms with E-state index in [1.165, 1.54) is 23.6 Å². The van der Waals surface area contributed by atoms with E-state index >= 15 is 0 Å². The monoisotopic (exact) mass is 303 g/mol. The molecule has 0 saturated carbocycles. The van der Waals surface area contributed by atoms with Gasteiger partial charge in [0.05, 0.1) is 5.69 Å². The third-order valence-electron chi connectivity index (χ3n) is 3.58. The maximum absolute atomic E-state index is 13.8. The van der Waals surface area contributed by atoms with E-state index in [9.17, 15) is 9.18 Å². The Morgan fingerprint density at radius 1 is 1.27 bits per heavy atom. The van der Waals surface area contributed by atoms with Crippen LogP contribution in [0.15, 0.2) is 30.3 Å². The molecule has 118 valence electrons. The maximum Gasteiger partial charge on any atom is 0.269 e. The first-order chi connectivity index (χ1) is 10.6. The van der Waals surface area contributed by atoms with Gasteiger partial charge in [0.1, 0.15) is 11.5 Å². The van der Waals surface area contributed by atoms with Crippen molar-refractivity contribution >= 4 is 5.91 Å². The number of carbonyl (C=O) groups excluding carboxylic acids is 1. The molecule has 0 saturated heterocycles. The second-order valence-corrected chi connectivity index (χ2v) is 5.33. The van der Waals surface area contributed by atoms with Crippen molar-refractivity contribution in [1.82, 2.24) is 15.1 Å². The van der Waals surface area contributed by atoms with Crippen molar-refractivity contribution in [2.24, 2.45) is 7.05 Å². The fraction of sp³-hybridized carbons (Fsp3) is 0.412. The summed E-state index contributed by atoms with van der Waals surface area (Å²) in [6.07, 6.45) is 4.43. The minimum atomic E-state index is -0.341. The average molecular weight is 303 g/mol. The normalized spacial score (nSPS) is 10.7. The van der Waals surface area contributed by atoms with Crippen molar-refractivity contribution in [3.8, 4) is 11.3 Å². The number of hydrogen-bond donors (Lipinski definition) is 1. The zero-order chi connectivity index (χ0) is 15.9. The molecule has 1 aromatic carbocycles. The molecular formula is C17H22FN3O. The van der Waals surface area contributed by atoms with Crippen molar-refractivity contribution in [1.29, 1.82) is 0 Å². The molecule has 0 aliphatic rings. The predicted molar refractivity (Wildman–Crippen MR) is 85.1 cm³/mol. The Morgan fingerprint density at radius 3 is 2.77 bits per heavy atom. The van der Waals surface area contributed by atoms with Gasteiger partial charge in [0.15, 0.2) is 0 Å². The summed E-state index contributed by atoms with van der Waals surface area (Å²) in [5, 5.41) is 7.12. The first-order valence-corrected chi connectivity index (χ1v) is 7.70. The SMILES string of the molecule is CCCCCCNC(=O)c1cc(-c2ccccc2F)nn1C. The van der Waals surface area contributed by atoms with Crippen LogP contribution in [0.2, 0.25) is 0 Å². The second kappa shape index (κ2) is 7.73. The minimum Gasteiger partial charge on any atom is -0.351 e. The van der Waals surface area contributed by atoms with E-state index in [2.05, 4.69) is 17.3 Å². The quantitative estimate of drug-likeness (QED) is 0.795. The van der Waals surface area contributed by atoms with Crippen LogP contribution < -0.4 is 5.32 Å². The van der Waals surface area contributed by atoms with Gasteiger partial charge in [0.25, 0.3) is 5.91 Å². The highest BCUT2D eigenvalue weighted by molar-refractivity contribution is 5.93. The molecule has 0 radical (unpaired) electrons. The standard InChI is InChI=1S/C17H22FN3O/c1-3-4-5-8-11-19-17(22)16-12-15(20-21(16)2)13-9-6-7-10-14(13)18/h6-7,9-10,12H,3-5,8,11H2,1-2H3,(H,19,22). The van der Waals surface area contributed by atoms with Gasteiger partial charge in [-0.15, -0.1) is 0 Å². The molecule has 0 fully saturated rings. The molecule has 5 heteroatoms. The van der Waals surface area contributed by atoms with Gasteiger partial charge in [0.2, 0.25) is 0 Å². The van der Waals surface area contributed by atoms with E-state index in [4.69, 9.17) is 0 Å². The zero-order valence-electron chi connectivity index (χ0n) is 13.1. The molecular weight excluding hydrogens is 281 g/mol. The number of amides is 1. The van der Waals surface area contributed by atoms with Gasteiger partial charge in [-0.25, -0.2) is 4.39 Å². The van der Waals surface area contributed by atoms with E-state index in [1.54, 1.807) is 31.3 Å². The highest BCUT2D eigenvalue weighted by Gasteiger charge is 2.15. The number of nitrogens with one attached hydrogen (secondary N) is 1. The van der Waals surface area contributed by atoms with Crippen LogP contribution in [0, 0.1) is 5.82 Å². The highest BCUT2D eigenvalue weighted by atomic mass is 19.1. The van der Waals surface area contributed by atoms with Gasteiger partial charge in [-0.1, -0.05) is 38.3 Å². The Bertz CT molecular complexity index is 637. The first-order valence-electron chi connectivity index (χ1n) is 7.70.